The van der Waals surface area contributed by atoms with Crippen LogP contribution in [0.1, 0.15) is 5.56 Å². The number of hydrogen-bond acceptors (Lipinski definition) is 3. The van der Waals surface area contributed by atoms with Crippen molar-refractivity contribution in [3.63, 3.8) is 0 Å². The zero-order chi connectivity index (χ0) is 14.4. The van der Waals surface area contributed by atoms with E-state index < -0.39 is 0 Å². The van der Waals surface area contributed by atoms with E-state index in [2.05, 4.69) is 0 Å². The Hall–Kier alpha value is -2.52. The molecule has 0 aliphatic carbocycles. The molecule has 0 aliphatic rings. The Labute approximate surface area is 118 Å². The molecule has 102 valence electrons. The molecule has 3 aromatic rings. The highest BCUT2D eigenvalue weighted by molar-refractivity contribution is 5.87. The van der Waals surface area contributed by atoms with E-state index in [9.17, 15) is 5.11 Å². The van der Waals surface area contributed by atoms with Crippen molar-refractivity contribution in [1.29, 1.82) is 0 Å². The largest absolute Gasteiger partial charge is 0.508 e. The van der Waals surface area contributed by atoms with Gasteiger partial charge in [0.2, 0.25) is 0 Å². The normalized spacial score (nSPS) is 9.85. The first-order chi connectivity index (χ1) is 9.72. The van der Waals surface area contributed by atoms with Gasteiger partial charge in [-0.15, -0.1) is 0 Å². The van der Waals surface area contributed by atoms with Crippen LogP contribution in [0.3, 0.4) is 0 Å². The third-order valence-corrected chi connectivity index (χ3v) is 3.02. The van der Waals surface area contributed by atoms with Crippen molar-refractivity contribution in [2.24, 2.45) is 5.73 Å². The van der Waals surface area contributed by atoms with Gasteiger partial charge in [0.05, 0.1) is 0 Å². The molecule has 0 amide bonds. The van der Waals surface area contributed by atoms with Gasteiger partial charge in [-0.05, 0) is 29.0 Å². The molecule has 3 nitrogen and oxygen atoms in total. The highest BCUT2D eigenvalue weighted by Crippen LogP contribution is 2.26. The summed E-state index contributed by atoms with van der Waals surface area (Å²) in [4.78, 5) is 0. The van der Waals surface area contributed by atoms with E-state index in [0.29, 0.717) is 6.54 Å². The van der Waals surface area contributed by atoms with E-state index in [1.807, 2.05) is 60.7 Å². The molecular weight excluding hydrogens is 248 g/mol. The lowest BCUT2D eigenvalue weighted by Crippen LogP contribution is -1.97. The van der Waals surface area contributed by atoms with Crippen molar-refractivity contribution in [2.75, 3.05) is 5.73 Å². The molecule has 0 aromatic heterocycles. The summed E-state index contributed by atoms with van der Waals surface area (Å²) in [6.45, 7) is 0.368. The monoisotopic (exact) mass is 266 g/mol. The van der Waals surface area contributed by atoms with Crippen molar-refractivity contribution < 1.29 is 5.11 Å². The SMILES string of the molecule is NCc1c(O)ccc2ccccc12.Nc1ccccc1. The number of rotatable bonds is 1. The number of para-hydroxylation sites is 1. The maximum atomic E-state index is 9.53. The predicted molar refractivity (Wildman–Crippen MR) is 84.4 cm³/mol. The number of phenolic OH excluding ortho intramolecular Hbond substituents is 1. The van der Waals surface area contributed by atoms with Gasteiger partial charge in [-0.3, -0.25) is 0 Å². The Morgan fingerprint density at radius 1 is 0.800 bits per heavy atom. The van der Waals surface area contributed by atoms with E-state index >= 15 is 0 Å². The fraction of sp³-hybridized carbons (Fsp3) is 0.0588. The molecule has 3 heteroatoms. The Morgan fingerprint density at radius 2 is 1.45 bits per heavy atom. The lowest BCUT2D eigenvalue weighted by Gasteiger charge is -2.05. The Morgan fingerprint density at radius 3 is 2.05 bits per heavy atom. The van der Waals surface area contributed by atoms with Crippen molar-refractivity contribution in [3.05, 3.63) is 72.3 Å². The van der Waals surface area contributed by atoms with E-state index in [1.54, 1.807) is 6.07 Å². The smallest absolute Gasteiger partial charge is 0.120 e. The molecule has 0 fully saturated rings. The number of benzene rings is 3. The van der Waals surface area contributed by atoms with Crippen LogP contribution in [0.4, 0.5) is 5.69 Å². The summed E-state index contributed by atoms with van der Waals surface area (Å²) < 4.78 is 0. The van der Waals surface area contributed by atoms with Crippen LogP contribution in [0.25, 0.3) is 10.8 Å². The predicted octanol–water partition coefficient (Wildman–Crippen LogP) is 3.27. The van der Waals surface area contributed by atoms with Gasteiger partial charge in [-0.25, -0.2) is 0 Å². The summed E-state index contributed by atoms with van der Waals surface area (Å²) in [6, 6.07) is 21.0. The first kappa shape index (κ1) is 13.9. The topological polar surface area (TPSA) is 72.3 Å². The van der Waals surface area contributed by atoms with Crippen molar-refractivity contribution in [3.8, 4) is 5.75 Å². The quantitative estimate of drug-likeness (QED) is 0.592. The molecule has 3 rings (SSSR count). The van der Waals surface area contributed by atoms with Crippen molar-refractivity contribution in [2.45, 2.75) is 6.54 Å². The highest BCUT2D eigenvalue weighted by atomic mass is 16.3. The summed E-state index contributed by atoms with van der Waals surface area (Å²) in [7, 11) is 0. The molecule has 0 saturated heterocycles. The molecule has 0 spiro atoms. The molecule has 3 aromatic carbocycles. The maximum Gasteiger partial charge on any atom is 0.120 e. The van der Waals surface area contributed by atoms with Crippen LogP contribution in [0.2, 0.25) is 0 Å². The fourth-order valence-corrected chi connectivity index (χ4v) is 1.99. The van der Waals surface area contributed by atoms with Crippen molar-refractivity contribution >= 4 is 16.5 Å². The number of phenols is 1. The molecule has 0 bridgehead atoms. The zero-order valence-corrected chi connectivity index (χ0v) is 11.2. The number of nitrogens with two attached hydrogens (primary N) is 2. The maximum absolute atomic E-state index is 9.53. The summed E-state index contributed by atoms with van der Waals surface area (Å²) in [5.41, 5.74) is 12.6. The van der Waals surface area contributed by atoms with E-state index in [1.165, 1.54) is 0 Å². The average Bonchev–Trinajstić information content (AvgIpc) is 2.49. The van der Waals surface area contributed by atoms with Gasteiger partial charge in [-0.2, -0.15) is 0 Å². The second-order valence-corrected chi connectivity index (χ2v) is 4.40. The van der Waals surface area contributed by atoms with E-state index in [-0.39, 0.29) is 5.75 Å². The highest BCUT2D eigenvalue weighted by Gasteiger charge is 2.03. The summed E-state index contributed by atoms with van der Waals surface area (Å²) in [5.74, 6) is 0.279. The van der Waals surface area contributed by atoms with E-state index in [4.69, 9.17) is 11.5 Å². The van der Waals surface area contributed by atoms with Crippen LogP contribution in [0.15, 0.2) is 66.7 Å². The van der Waals surface area contributed by atoms with Crippen LogP contribution < -0.4 is 11.5 Å². The third-order valence-electron chi connectivity index (χ3n) is 3.02. The number of nitrogen functional groups attached to an aromatic ring is 1. The number of hydrogen-bond donors (Lipinski definition) is 3. The molecular formula is C17H18N2O. The summed E-state index contributed by atoms with van der Waals surface area (Å²) in [5, 5.41) is 11.7. The van der Waals surface area contributed by atoms with Crippen LogP contribution in [0, 0.1) is 0 Å². The van der Waals surface area contributed by atoms with Gasteiger partial charge >= 0.3 is 0 Å². The number of anilines is 1. The van der Waals surface area contributed by atoms with Gasteiger partial charge in [0, 0.05) is 17.8 Å². The van der Waals surface area contributed by atoms with Gasteiger partial charge in [0.25, 0.3) is 0 Å². The first-order valence-corrected chi connectivity index (χ1v) is 6.42. The van der Waals surface area contributed by atoms with E-state index in [0.717, 1.165) is 22.0 Å². The molecule has 0 unspecified atom stereocenters. The second-order valence-electron chi connectivity index (χ2n) is 4.40. The van der Waals surface area contributed by atoms with Gasteiger partial charge < -0.3 is 16.6 Å². The third kappa shape index (κ3) is 3.28. The zero-order valence-electron chi connectivity index (χ0n) is 11.2. The first-order valence-electron chi connectivity index (χ1n) is 6.42. The lowest BCUT2D eigenvalue weighted by atomic mass is 10.0. The molecule has 0 saturated carbocycles. The minimum absolute atomic E-state index is 0.279. The minimum Gasteiger partial charge on any atom is -0.508 e. The summed E-state index contributed by atoms with van der Waals surface area (Å²) in [6.07, 6.45) is 0. The standard InChI is InChI=1S/C11H11NO.C6H7N/c12-7-10-9-4-2-1-3-8(9)5-6-11(10)13;7-6-4-2-1-3-5-6/h1-6,13H,7,12H2;1-5H,7H2. The van der Waals surface area contributed by atoms with Crippen LogP contribution in [0.5, 0.6) is 5.75 Å². The van der Waals surface area contributed by atoms with Gasteiger partial charge in [0.15, 0.2) is 0 Å². The molecule has 20 heavy (non-hydrogen) atoms. The van der Waals surface area contributed by atoms with Crippen LogP contribution >= 0.6 is 0 Å². The average molecular weight is 266 g/mol. The summed E-state index contributed by atoms with van der Waals surface area (Å²) >= 11 is 0. The minimum atomic E-state index is 0.279. The number of fused-ring (bicyclic) bond motifs is 1. The second kappa shape index (κ2) is 6.59. The van der Waals surface area contributed by atoms with Crippen LogP contribution in [-0.2, 0) is 6.54 Å². The van der Waals surface area contributed by atoms with Crippen LogP contribution in [-0.4, -0.2) is 5.11 Å². The molecule has 0 radical (unpaired) electrons. The number of aromatic hydroxyl groups is 1. The molecule has 5 N–H and O–H groups in total. The Balaban J connectivity index is 0.000000178. The fourth-order valence-electron chi connectivity index (χ4n) is 1.99. The Kier molecular flexibility index (Phi) is 4.58. The van der Waals surface area contributed by atoms with Gasteiger partial charge in [-0.1, -0.05) is 48.5 Å². The lowest BCUT2D eigenvalue weighted by molar-refractivity contribution is 0.469. The molecule has 0 aliphatic heterocycles. The van der Waals surface area contributed by atoms with Gasteiger partial charge in [0.1, 0.15) is 5.75 Å². The van der Waals surface area contributed by atoms with Crippen molar-refractivity contribution in [1.82, 2.24) is 0 Å². The molecule has 0 atom stereocenters. The Bertz CT molecular complexity index is 681. The molecule has 0 heterocycles.